The third kappa shape index (κ3) is 2.65. The molecule has 0 spiro atoms. The van der Waals surface area contributed by atoms with Gasteiger partial charge in [0.25, 0.3) is 0 Å². The highest BCUT2D eigenvalue weighted by atomic mass is 32.2. The number of benzene rings is 1. The van der Waals surface area contributed by atoms with Crippen LogP contribution in [-0.2, 0) is 16.6 Å². The number of rotatable bonds is 5. The average molecular weight is 313 g/mol. The van der Waals surface area contributed by atoms with E-state index < -0.39 is 10.0 Å². The largest absolute Gasteiger partial charge is 0.331 e. The number of nitrogens with zero attached hydrogens (tertiary/aromatic N) is 2. The Bertz CT molecular complexity index is 773. The Morgan fingerprint density at radius 2 is 2.05 bits per heavy atom. The van der Waals surface area contributed by atoms with Gasteiger partial charge in [-0.1, -0.05) is 13.3 Å². The molecule has 1 N–H and O–H groups in total. The molecule has 1 aromatic heterocycles. The fourth-order valence-corrected chi connectivity index (χ4v) is 3.28. The highest BCUT2D eigenvalue weighted by Gasteiger charge is 2.18. The van der Waals surface area contributed by atoms with Crippen LogP contribution in [0.5, 0.6) is 0 Å². The van der Waals surface area contributed by atoms with Crippen molar-refractivity contribution in [2.75, 3.05) is 14.1 Å². The van der Waals surface area contributed by atoms with Crippen molar-refractivity contribution in [3.8, 4) is 0 Å². The fourth-order valence-electron chi connectivity index (χ4n) is 2.05. The van der Waals surface area contributed by atoms with Gasteiger partial charge in [0.15, 0.2) is 4.77 Å². The molecule has 5 nitrogen and oxygen atoms in total. The van der Waals surface area contributed by atoms with E-state index in [0.717, 1.165) is 30.4 Å². The van der Waals surface area contributed by atoms with Crippen molar-refractivity contribution in [1.29, 1.82) is 0 Å². The number of hydrogen-bond donors (Lipinski definition) is 1. The number of unbranched alkanes of at least 4 members (excludes halogenated alkanes) is 1. The Kier molecular flexibility index (Phi) is 4.31. The maximum Gasteiger partial charge on any atom is 0.242 e. The van der Waals surface area contributed by atoms with E-state index in [9.17, 15) is 8.42 Å². The summed E-state index contributed by atoms with van der Waals surface area (Å²) in [5.41, 5.74) is 1.70. The lowest BCUT2D eigenvalue weighted by Crippen LogP contribution is -2.22. The summed E-state index contributed by atoms with van der Waals surface area (Å²) in [6.07, 6.45) is 2.13. The second kappa shape index (κ2) is 5.67. The third-order valence-electron chi connectivity index (χ3n) is 3.26. The minimum absolute atomic E-state index is 0.272. The van der Waals surface area contributed by atoms with Crippen LogP contribution < -0.4 is 0 Å². The first-order valence-electron chi connectivity index (χ1n) is 6.53. The second-order valence-electron chi connectivity index (χ2n) is 4.90. The van der Waals surface area contributed by atoms with Gasteiger partial charge in [0, 0.05) is 20.6 Å². The zero-order valence-electron chi connectivity index (χ0n) is 11.9. The molecule has 0 bridgehead atoms. The summed E-state index contributed by atoms with van der Waals surface area (Å²) >= 11 is 5.30. The lowest BCUT2D eigenvalue weighted by atomic mass is 10.3. The maximum atomic E-state index is 12.1. The van der Waals surface area contributed by atoms with Crippen LogP contribution in [0.1, 0.15) is 19.8 Å². The molecule has 0 aliphatic rings. The number of aryl methyl sites for hydroxylation is 1. The van der Waals surface area contributed by atoms with E-state index >= 15 is 0 Å². The normalized spacial score (nSPS) is 12.4. The molecule has 2 rings (SSSR count). The van der Waals surface area contributed by atoms with E-state index in [1.807, 2.05) is 10.6 Å². The standard InChI is InChI=1S/C13H19N3O2S2/c1-4-5-8-16-12-7-6-10(20(17,18)15(2)3)9-11(12)14-13(16)19/h6-7,9H,4-5,8H2,1-3H3,(H,14,19). The number of nitrogens with one attached hydrogen (secondary N) is 1. The van der Waals surface area contributed by atoms with Crippen LogP contribution in [0.2, 0.25) is 0 Å². The van der Waals surface area contributed by atoms with Gasteiger partial charge in [0.05, 0.1) is 15.9 Å². The van der Waals surface area contributed by atoms with Gasteiger partial charge in [-0.15, -0.1) is 0 Å². The molecule has 20 heavy (non-hydrogen) atoms. The van der Waals surface area contributed by atoms with Crippen LogP contribution in [0.4, 0.5) is 0 Å². The topological polar surface area (TPSA) is 58.1 Å². The molecule has 0 amide bonds. The Morgan fingerprint density at radius 3 is 2.65 bits per heavy atom. The van der Waals surface area contributed by atoms with Crippen LogP contribution in [0, 0.1) is 4.77 Å². The van der Waals surface area contributed by atoms with Gasteiger partial charge in [-0.3, -0.25) is 0 Å². The van der Waals surface area contributed by atoms with Gasteiger partial charge < -0.3 is 9.55 Å². The molecule has 0 radical (unpaired) electrons. The van der Waals surface area contributed by atoms with E-state index in [-0.39, 0.29) is 4.90 Å². The molecule has 1 aromatic carbocycles. The Labute approximate surface area is 124 Å². The molecule has 110 valence electrons. The van der Waals surface area contributed by atoms with Gasteiger partial charge in [-0.25, -0.2) is 12.7 Å². The monoisotopic (exact) mass is 313 g/mol. The van der Waals surface area contributed by atoms with E-state index in [2.05, 4.69) is 11.9 Å². The molecule has 0 atom stereocenters. The zero-order valence-corrected chi connectivity index (χ0v) is 13.5. The van der Waals surface area contributed by atoms with Gasteiger partial charge in [-0.2, -0.15) is 0 Å². The van der Waals surface area contributed by atoms with Gasteiger partial charge >= 0.3 is 0 Å². The first-order chi connectivity index (χ1) is 9.37. The quantitative estimate of drug-likeness (QED) is 0.864. The SMILES string of the molecule is CCCCn1c(=S)[nH]c2cc(S(=O)(=O)N(C)C)ccc21. The van der Waals surface area contributed by atoms with Gasteiger partial charge in [-0.05, 0) is 36.8 Å². The molecule has 2 aromatic rings. The van der Waals surface area contributed by atoms with E-state index in [1.165, 1.54) is 18.4 Å². The van der Waals surface area contributed by atoms with Crippen molar-refractivity contribution < 1.29 is 8.42 Å². The predicted octanol–water partition coefficient (Wildman–Crippen LogP) is 2.75. The van der Waals surface area contributed by atoms with Gasteiger partial charge in [0.1, 0.15) is 0 Å². The summed E-state index contributed by atoms with van der Waals surface area (Å²) in [7, 11) is -0.375. The molecule has 1 heterocycles. The van der Waals surface area contributed by atoms with Crippen molar-refractivity contribution in [2.45, 2.75) is 31.2 Å². The summed E-state index contributed by atoms with van der Waals surface area (Å²) in [6.45, 7) is 2.97. The van der Waals surface area contributed by atoms with Crippen LogP contribution in [0.3, 0.4) is 0 Å². The minimum atomic E-state index is -3.42. The first kappa shape index (κ1) is 15.2. The molecule has 7 heteroatoms. The Morgan fingerprint density at radius 1 is 1.35 bits per heavy atom. The Balaban J connectivity index is 2.55. The fraction of sp³-hybridized carbons (Fsp3) is 0.462. The van der Waals surface area contributed by atoms with E-state index in [4.69, 9.17) is 12.2 Å². The highest BCUT2D eigenvalue weighted by Crippen LogP contribution is 2.21. The Hall–Kier alpha value is -1.18. The van der Waals surface area contributed by atoms with Crippen LogP contribution in [-0.4, -0.2) is 36.4 Å². The van der Waals surface area contributed by atoms with Crippen LogP contribution in [0.15, 0.2) is 23.1 Å². The molecule has 0 aliphatic heterocycles. The molecular weight excluding hydrogens is 294 g/mol. The van der Waals surface area contributed by atoms with Crippen LogP contribution >= 0.6 is 12.2 Å². The first-order valence-corrected chi connectivity index (χ1v) is 8.38. The number of sulfonamides is 1. The second-order valence-corrected chi connectivity index (χ2v) is 7.44. The van der Waals surface area contributed by atoms with E-state index in [0.29, 0.717) is 4.77 Å². The summed E-state index contributed by atoms with van der Waals surface area (Å²) in [5.74, 6) is 0. The summed E-state index contributed by atoms with van der Waals surface area (Å²) in [5, 5.41) is 0. The van der Waals surface area contributed by atoms with Crippen molar-refractivity contribution >= 4 is 33.3 Å². The molecular formula is C13H19N3O2S2. The number of aromatic nitrogens is 2. The predicted molar refractivity (Wildman–Crippen MR) is 82.9 cm³/mol. The zero-order chi connectivity index (χ0) is 14.9. The van der Waals surface area contributed by atoms with Crippen molar-refractivity contribution in [3.63, 3.8) is 0 Å². The summed E-state index contributed by atoms with van der Waals surface area (Å²) in [4.78, 5) is 3.35. The number of hydrogen-bond acceptors (Lipinski definition) is 3. The smallest absolute Gasteiger partial charge is 0.242 e. The van der Waals surface area contributed by atoms with Crippen molar-refractivity contribution in [3.05, 3.63) is 23.0 Å². The highest BCUT2D eigenvalue weighted by molar-refractivity contribution is 7.89. The maximum absolute atomic E-state index is 12.1. The van der Waals surface area contributed by atoms with Crippen molar-refractivity contribution in [2.24, 2.45) is 0 Å². The third-order valence-corrected chi connectivity index (χ3v) is 5.39. The van der Waals surface area contributed by atoms with E-state index in [1.54, 1.807) is 12.1 Å². The lowest BCUT2D eigenvalue weighted by Gasteiger charge is -2.11. The average Bonchev–Trinajstić information content (AvgIpc) is 2.70. The molecule has 0 saturated carbocycles. The number of H-pyrrole nitrogens is 1. The number of imidazole rings is 1. The summed E-state index contributed by atoms with van der Waals surface area (Å²) < 4.78 is 28.1. The molecule has 0 aliphatic carbocycles. The lowest BCUT2D eigenvalue weighted by molar-refractivity contribution is 0.521. The summed E-state index contributed by atoms with van der Waals surface area (Å²) in [6, 6.07) is 5.08. The molecule has 0 fully saturated rings. The number of fused-ring (bicyclic) bond motifs is 1. The van der Waals surface area contributed by atoms with Crippen molar-refractivity contribution in [1.82, 2.24) is 13.9 Å². The van der Waals surface area contributed by atoms with Gasteiger partial charge in [0.2, 0.25) is 10.0 Å². The molecule has 0 saturated heterocycles. The molecule has 0 unspecified atom stereocenters. The number of aromatic amines is 1. The minimum Gasteiger partial charge on any atom is -0.331 e. The van der Waals surface area contributed by atoms with Crippen LogP contribution in [0.25, 0.3) is 11.0 Å².